The molecule has 0 fully saturated rings. The van der Waals surface area contributed by atoms with E-state index in [1.165, 1.54) is 16.8 Å². The van der Waals surface area contributed by atoms with Crippen molar-refractivity contribution in [3.63, 3.8) is 0 Å². The molecule has 0 aliphatic rings. The molecule has 1 heterocycles. The number of alkyl halides is 3. The SMILES string of the molecule is O=C(O)CC(NC(=O)c1cc(=O)n(-c2ccccc2)[nH]1)c1ccc(-c2ccc(C(F)(F)F)cc2)cc1. The van der Waals surface area contributed by atoms with Gasteiger partial charge in [-0.05, 0) is 41.0 Å². The minimum atomic E-state index is -4.43. The predicted molar refractivity (Wildman–Crippen MR) is 126 cm³/mol. The fourth-order valence-corrected chi connectivity index (χ4v) is 3.70. The minimum Gasteiger partial charge on any atom is -0.481 e. The van der Waals surface area contributed by atoms with Gasteiger partial charge in [0.05, 0.1) is 23.7 Å². The van der Waals surface area contributed by atoms with Crippen LogP contribution in [0.2, 0.25) is 0 Å². The van der Waals surface area contributed by atoms with E-state index in [1.807, 2.05) is 0 Å². The molecule has 3 aromatic carbocycles. The molecule has 1 unspecified atom stereocenters. The number of aliphatic carboxylic acids is 1. The summed E-state index contributed by atoms with van der Waals surface area (Å²) in [6.45, 7) is 0. The van der Waals surface area contributed by atoms with E-state index in [4.69, 9.17) is 0 Å². The Hall–Kier alpha value is -4.60. The van der Waals surface area contributed by atoms with Crippen LogP contribution in [0.4, 0.5) is 13.2 Å². The topological polar surface area (TPSA) is 104 Å². The monoisotopic (exact) mass is 495 g/mol. The third kappa shape index (κ3) is 5.54. The molecule has 1 aromatic heterocycles. The molecule has 184 valence electrons. The predicted octanol–water partition coefficient (Wildman–Crippen LogP) is 4.80. The Kier molecular flexibility index (Phi) is 6.77. The zero-order chi connectivity index (χ0) is 25.9. The highest BCUT2D eigenvalue weighted by Crippen LogP contribution is 2.31. The maximum absolute atomic E-state index is 12.8. The van der Waals surface area contributed by atoms with E-state index in [9.17, 15) is 32.7 Å². The van der Waals surface area contributed by atoms with Gasteiger partial charge in [0.25, 0.3) is 11.5 Å². The number of amides is 1. The second-order valence-electron chi connectivity index (χ2n) is 8.00. The van der Waals surface area contributed by atoms with Gasteiger partial charge >= 0.3 is 12.1 Å². The number of carboxylic acid groups (broad SMARTS) is 1. The summed E-state index contributed by atoms with van der Waals surface area (Å²) in [4.78, 5) is 36.6. The average molecular weight is 495 g/mol. The van der Waals surface area contributed by atoms with Crippen molar-refractivity contribution in [1.82, 2.24) is 15.1 Å². The van der Waals surface area contributed by atoms with Crippen LogP contribution in [-0.4, -0.2) is 26.8 Å². The highest BCUT2D eigenvalue weighted by atomic mass is 19.4. The molecule has 1 atom stereocenters. The normalized spacial score (nSPS) is 12.2. The van der Waals surface area contributed by atoms with Crippen LogP contribution < -0.4 is 10.9 Å². The van der Waals surface area contributed by atoms with E-state index >= 15 is 0 Å². The summed E-state index contributed by atoms with van der Waals surface area (Å²) in [5.41, 5.74) is 0.924. The van der Waals surface area contributed by atoms with Crippen molar-refractivity contribution in [3.8, 4) is 16.8 Å². The van der Waals surface area contributed by atoms with Gasteiger partial charge in [0.15, 0.2) is 0 Å². The number of carbonyl (C=O) groups is 2. The molecule has 4 rings (SSSR count). The van der Waals surface area contributed by atoms with Crippen molar-refractivity contribution >= 4 is 11.9 Å². The lowest BCUT2D eigenvalue weighted by molar-refractivity contribution is -0.138. The van der Waals surface area contributed by atoms with Gasteiger partial charge in [0.2, 0.25) is 0 Å². The van der Waals surface area contributed by atoms with Crippen LogP contribution in [0.25, 0.3) is 16.8 Å². The lowest BCUT2D eigenvalue weighted by Crippen LogP contribution is -2.30. The van der Waals surface area contributed by atoms with E-state index in [-0.39, 0.29) is 5.69 Å². The number of hydrogen-bond acceptors (Lipinski definition) is 3. The van der Waals surface area contributed by atoms with Crippen molar-refractivity contribution in [2.75, 3.05) is 0 Å². The third-order valence-corrected chi connectivity index (χ3v) is 5.52. The molecule has 0 aliphatic carbocycles. The summed E-state index contributed by atoms with van der Waals surface area (Å²) < 4.78 is 39.6. The number of carboxylic acids is 1. The maximum Gasteiger partial charge on any atom is 0.416 e. The highest BCUT2D eigenvalue weighted by Gasteiger charge is 2.30. The number of H-pyrrole nitrogens is 1. The number of hydrogen-bond donors (Lipinski definition) is 3. The van der Waals surface area contributed by atoms with Crippen LogP contribution in [0, 0.1) is 0 Å². The number of aromatic amines is 1. The first-order chi connectivity index (χ1) is 17.1. The molecule has 4 aromatic rings. The summed E-state index contributed by atoms with van der Waals surface area (Å²) in [7, 11) is 0. The number of nitrogens with one attached hydrogen (secondary N) is 2. The fraction of sp³-hybridized carbons (Fsp3) is 0.115. The van der Waals surface area contributed by atoms with E-state index in [0.29, 0.717) is 22.4 Å². The van der Waals surface area contributed by atoms with Crippen LogP contribution in [0.5, 0.6) is 0 Å². The molecular formula is C26H20F3N3O4. The van der Waals surface area contributed by atoms with Gasteiger partial charge in [-0.15, -0.1) is 0 Å². The Morgan fingerprint density at radius 1 is 0.917 bits per heavy atom. The van der Waals surface area contributed by atoms with Gasteiger partial charge in [-0.2, -0.15) is 13.2 Å². The Morgan fingerprint density at radius 2 is 1.50 bits per heavy atom. The Balaban J connectivity index is 1.54. The van der Waals surface area contributed by atoms with E-state index in [1.54, 1.807) is 54.6 Å². The molecule has 10 heteroatoms. The summed E-state index contributed by atoms with van der Waals surface area (Å²) in [5.74, 6) is -1.82. The van der Waals surface area contributed by atoms with Crippen molar-refractivity contribution in [1.29, 1.82) is 0 Å². The molecule has 0 spiro atoms. The summed E-state index contributed by atoms with van der Waals surface area (Å²) in [5, 5.41) is 14.7. The molecule has 3 N–H and O–H groups in total. The molecule has 1 amide bonds. The van der Waals surface area contributed by atoms with Gasteiger partial charge in [0.1, 0.15) is 5.69 Å². The first kappa shape index (κ1) is 24.5. The molecule has 36 heavy (non-hydrogen) atoms. The Morgan fingerprint density at radius 3 is 2.06 bits per heavy atom. The molecular weight excluding hydrogens is 475 g/mol. The van der Waals surface area contributed by atoms with Crippen LogP contribution in [0.15, 0.2) is 89.7 Å². The Labute approximate surface area is 202 Å². The number of benzene rings is 3. The summed E-state index contributed by atoms with van der Waals surface area (Å²) in [6, 6.07) is 20.0. The van der Waals surface area contributed by atoms with Gasteiger partial charge < -0.3 is 10.4 Å². The van der Waals surface area contributed by atoms with Crippen LogP contribution in [-0.2, 0) is 11.0 Å². The molecule has 0 saturated carbocycles. The van der Waals surface area contributed by atoms with Gasteiger partial charge in [-0.25, -0.2) is 4.68 Å². The zero-order valence-electron chi connectivity index (χ0n) is 18.6. The van der Waals surface area contributed by atoms with E-state index in [0.717, 1.165) is 18.2 Å². The molecule has 0 aliphatic heterocycles. The van der Waals surface area contributed by atoms with E-state index < -0.39 is 41.6 Å². The Bertz CT molecular complexity index is 1420. The average Bonchev–Trinajstić information content (AvgIpc) is 3.25. The molecule has 0 saturated heterocycles. The lowest BCUT2D eigenvalue weighted by atomic mass is 9.98. The van der Waals surface area contributed by atoms with Gasteiger partial charge in [0, 0.05) is 6.07 Å². The molecule has 0 bridgehead atoms. The standard InChI is InChI=1S/C26H20F3N3O4/c27-26(28,29)19-12-10-17(11-13-19)16-6-8-18(9-7-16)21(15-24(34)35)30-25(36)22-14-23(33)32(31-22)20-4-2-1-3-5-20/h1-14,21,31H,15H2,(H,30,36)(H,34,35). The van der Waals surface area contributed by atoms with Crippen molar-refractivity contribution in [2.45, 2.75) is 18.6 Å². The summed E-state index contributed by atoms with van der Waals surface area (Å²) >= 11 is 0. The van der Waals surface area contributed by atoms with Crippen molar-refractivity contribution in [2.24, 2.45) is 0 Å². The number of halogens is 3. The van der Waals surface area contributed by atoms with Crippen molar-refractivity contribution < 1.29 is 27.9 Å². The van der Waals surface area contributed by atoms with Crippen LogP contribution in [0.3, 0.4) is 0 Å². The quantitative estimate of drug-likeness (QED) is 0.343. The second kappa shape index (κ2) is 9.95. The molecule has 0 radical (unpaired) electrons. The maximum atomic E-state index is 12.8. The number of aromatic nitrogens is 2. The lowest BCUT2D eigenvalue weighted by Gasteiger charge is -2.17. The number of rotatable bonds is 7. The number of carbonyl (C=O) groups excluding carboxylic acids is 1. The minimum absolute atomic E-state index is 0.0411. The highest BCUT2D eigenvalue weighted by molar-refractivity contribution is 5.92. The largest absolute Gasteiger partial charge is 0.481 e. The second-order valence-corrected chi connectivity index (χ2v) is 8.00. The first-order valence-electron chi connectivity index (χ1n) is 10.8. The number of para-hydroxylation sites is 1. The molecule has 7 nitrogen and oxygen atoms in total. The first-order valence-corrected chi connectivity index (χ1v) is 10.8. The summed E-state index contributed by atoms with van der Waals surface area (Å²) in [6.07, 6.45) is -4.86. The fourth-order valence-electron chi connectivity index (χ4n) is 3.70. The zero-order valence-corrected chi connectivity index (χ0v) is 18.6. The smallest absolute Gasteiger partial charge is 0.416 e. The van der Waals surface area contributed by atoms with Gasteiger partial charge in [-0.3, -0.25) is 19.5 Å². The number of nitrogens with zero attached hydrogens (tertiary/aromatic N) is 1. The van der Waals surface area contributed by atoms with Gasteiger partial charge in [-0.1, -0.05) is 54.6 Å². The van der Waals surface area contributed by atoms with Crippen LogP contribution in [0.1, 0.15) is 34.1 Å². The third-order valence-electron chi connectivity index (χ3n) is 5.52. The van der Waals surface area contributed by atoms with Crippen LogP contribution >= 0.6 is 0 Å². The van der Waals surface area contributed by atoms with Crippen molar-refractivity contribution in [3.05, 3.63) is 112 Å². The van der Waals surface area contributed by atoms with E-state index in [2.05, 4.69) is 10.4 Å².